The third-order valence-corrected chi connectivity index (χ3v) is 5.17. The van der Waals surface area contributed by atoms with Gasteiger partial charge in [0.05, 0.1) is 11.1 Å². The van der Waals surface area contributed by atoms with Gasteiger partial charge in [0, 0.05) is 23.3 Å². The molecule has 2 aromatic carbocycles. The molecular formula is C21H21F3N2. The second-order valence-corrected chi connectivity index (χ2v) is 7.17. The van der Waals surface area contributed by atoms with Gasteiger partial charge in [0.2, 0.25) is 0 Å². The Balaban J connectivity index is 1.93. The van der Waals surface area contributed by atoms with Crippen molar-refractivity contribution in [3.8, 4) is 5.69 Å². The van der Waals surface area contributed by atoms with Crippen LogP contribution in [0.3, 0.4) is 0 Å². The van der Waals surface area contributed by atoms with E-state index in [0.717, 1.165) is 37.1 Å². The average Bonchev–Trinajstić information content (AvgIpc) is 2.74. The van der Waals surface area contributed by atoms with Crippen molar-refractivity contribution >= 4 is 10.9 Å². The maximum absolute atomic E-state index is 12.9. The molecule has 26 heavy (non-hydrogen) atoms. The molecule has 0 bridgehead atoms. The van der Waals surface area contributed by atoms with Gasteiger partial charge in [-0.05, 0) is 75.3 Å². The van der Waals surface area contributed by atoms with E-state index in [0.29, 0.717) is 0 Å². The number of alkyl halides is 3. The zero-order chi connectivity index (χ0) is 18.5. The van der Waals surface area contributed by atoms with Crippen molar-refractivity contribution in [2.45, 2.75) is 32.5 Å². The van der Waals surface area contributed by atoms with E-state index >= 15 is 0 Å². The van der Waals surface area contributed by atoms with Gasteiger partial charge in [-0.15, -0.1) is 0 Å². The monoisotopic (exact) mass is 358 g/mol. The summed E-state index contributed by atoms with van der Waals surface area (Å²) in [5.74, 6) is 0. The predicted octanol–water partition coefficient (Wildman–Crippen LogP) is 5.34. The van der Waals surface area contributed by atoms with E-state index < -0.39 is 11.7 Å². The third-order valence-electron chi connectivity index (χ3n) is 5.17. The van der Waals surface area contributed by atoms with Gasteiger partial charge in [-0.2, -0.15) is 13.2 Å². The van der Waals surface area contributed by atoms with Crippen LogP contribution in [0.15, 0.2) is 42.5 Å². The molecule has 1 aliphatic heterocycles. The van der Waals surface area contributed by atoms with E-state index in [9.17, 15) is 13.2 Å². The van der Waals surface area contributed by atoms with Crippen molar-refractivity contribution in [3.63, 3.8) is 0 Å². The topological polar surface area (TPSA) is 8.17 Å². The van der Waals surface area contributed by atoms with Crippen molar-refractivity contribution in [3.05, 3.63) is 64.8 Å². The fourth-order valence-electron chi connectivity index (χ4n) is 3.92. The molecule has 4 rings (SSSR count). The van der Waals surface area contributed by atoms with Crippen molar-refractivity contribution in [2.75, 3.05) is 13.6 Å². The number of fused-ring (bicyclic) bond motifs is 3. The lowest BCUT2D eigenvalue weighted by Gasteiger charge is -2.13. The molecule has 136 valence electrons. The van der Waals surface area contributed by atoms with Gasteiger partial charge in [0.25, 0.3) is 0 Å². The smallest absolute Gasteiger partial charge is 0.313 e. The fraction of sp³-hybridized carbons (Fsp3) is 0.333. The normalized spacial score (nSPS) is 15.9. The van der Waals surface area contributed by atoms with Crippen LogP contribution in [-0.4, -0.2) is 23.1 Å². The van der Waals surface area contributed by atoms with Gasteiger partial charge < -0.3 is 9.47 Å². The number of aromatic nitrogens is 1. The molecule has 0 aliphatic carbocycles. The van der Waals surface area contributed by atoms with E-state index in [2.05, 4.69) is 41.6 Å². The van der Waals surface area contributed by atoms with Crippen LogP contribution in [0.2, 0.25) is 0 Å². The number of aryl methyl sites for hydroxylation is 1. The van der Waals surface area contributed by atoms with E-state index in [4.69, 9.17) is 0 Å². The highest BCUT2D eigenvalue weighted by Gasteiger charge is 2.30. The van der Waals surface area contributed by atoms with Crippen molar-refractivity contribution in [1.82, 2.24) is 9.47 Å². The Hall–Kier alpha value is -2.27. The second kappa shape index (κ2) is 6.16. The van der Waals surface area contributed by atoms with Crippen LogP contribution >= 0.6 is 0 Å². The van der Waals surface area contributed by atoms with Gasteiger partial charge in [-0.25, -0.2) is 0 Å². The SMILES string of the molecule is Cc1ccc2c(c1)c1c(n2-c2ccc(C(F)(F)F)cc2)CCCN(C)C1. The van der Waals surface area contributed by atoms with Gasteiger partial charge in [-0.3, -0.25) is 0 Å². The van der Waals surface area contributed by atoms with Crippen LogP contribution in [0.4, 0.5) is 13.2 Å². The molecule has 5 heteroatoms. The fourth-order valence-corrected chi connectivity index (χ4v) is 3.92. The minimum Gasteiger partial charge on any atom is -0.313 e. The lowest BCUT2D eigenvalue weighted by Crippen LogP contribution is -2.17. The molecule has 2 nitrogen and oxygen atoms in total. The Morgan fingerprint density at radius 2 is 1.73 bits per heavy atom. The second-order valence-electron chi connectivity index (χ2n) is 7.17. The molecular weight excluding hydrogens is 337 g/mol. The van der Waals surface area contributed by atoms with Crippen molar-refractivity contribution < 1.29 is 13.2 Å². The van der Waals surface area contributed by atoms with E-state index in [1.807, 2.05) is 0 Å². The molecule has 0 radical (unpaired) electrons. The molecule has 0 saturated heterocycles. The van der Waals surface area contributed by atoms with Crippen LogP contribution < -0.4 is 0 Å². The molecule has 0 N–H and O–H groups in total. The summed E-state index contributed by atoms with van der Waals surface area (Å²) in [5.41, 5.74) is 4.95. The molecule has 2 heterocycles. The largest absolute Gasteiger partial charge is 0.416 e. The molecule has 0 amide bonds. The standard InChI is InChI=1S/C21H21F3N2/c1-14-5-10-20-17(12-14)18-13-25(2)11-3-4-19(18)26(20)16-8-6-15(7-9-16)21(22,23)24/h5-10,12H,3-4,11,13H2,1-2H3. The van der Waals surface area contributed by atoms with Crippen LogP contribution in [0.25, 0.3) is 16.6 Å². The predicted molar refractivity (Wildman–Crippen MR) is 97.7 cm³/mol. The Morgan fingerprint density at radius 3 is 2.42 bits per heavy atom. The molecule has 0 fully saturated rings. The summed E-state index contributed by atoms with van der Waals surface area (Å²) < 4.78 is 40.9. The Bertz CT molecular complexity index is 952. The highest BCUT2D eigenvalue weighted by molar-refractivity contribution is 5.88. The summed E-state index contributed by atoms with van der Waals surface area (Å²) in [7, 11) is 2.12. The number of rotatable bonds is 1. The Kier molecular flexibility index (Phi) is 4.07. The van der Waals surface area contributed by atoms with Gasteiger partial charge in [0.15, 0.2) is 0 Å². The first-order valence-corrected chi connectivity index (χ1v) is 8.83. The van der Waals surface area contributed by atoms with Crippen LogP contribution in [0.5, 0.6) is 0 Å². The molecule has 0 saturated carbocycles. The Labute approximate surface area is 150 Å². The Morgan fingerprint density at radius 1 is 1.00 bits per heavy atom. The number of halogens is 3. The first-order valence-electron chi connectivity index (χ1n) is 8.83. The zero-order valence-electron chi connectivity index (χ0n) is 14.9. The van der Waals surface area contributed by atoms with Gasteiger partial charge in [-0.1, -0.05) is 11.6 Å². The van der Waals surface area contributed by atoms with Crippen LogP contribution in [-0.2, 0) is 19.1 Å². The van der Waals surface area contributed by atoms with E-state index in [-0.39, 0.29) is 0 Å². The summed E-state index contributed by atoms with van der Waals surface area (Å²) in [6.07, 6.45) is -2.35. The molecule has 0 spiro atoms. The maximum Gasteiger partial charge on any atom is 0.416 e. The summed E-state index contributed by atoms with van der Waals surface area (Å²) in [4.78, 5) is 2.31. The van der Waals surface area contributed by atoms with Gasteiger partial charge in [0.1, 0.15) is 0 Å². The summed E-state index contributed by atoms with van der Waals surface area (Å²) in [6.45, 7) is 3.96. The van der Waals surface area contributed by atoms with Crippen molar-refractivity contribution in [1.29, 1.82) is 0 Å². The summed E-state index contributed by atoms with van der Waals surface area (Å²) in [6, 6.07) is 11.8. The molecule has 3 aromatic rings. The number of hydrogen-bond acceptors (Lipinski definition) is 1. The maximum atomic E-state index is 12.9. The first kappa shape index (κ1) is 17.2. The van der Waals surface area contributed by atoms with Crippen molar-refractivity contribution in [2.24, 2.45) is 0 Å². The zero-order valence-corrected chi connectivity index (χ0v) is 14.9. The quantitative estimate of drug-likeness (QED) is 0.570. The molecule has 1 aromatic heterocycles. The first-order chi connectivity index (χ1) is 12.3. The van der Waals surface area contributed by atoms with Crippen LogP contribution in [0.1, 0.15) is 28.8 Å². The summed E-state index contributed by atoms with van der Waals surface area (Å²) in [5, 5.41) is 1.20. The lowest BCUT2D eigenvalue weighted by atomic mass is 10.1. The minimum absolute atomic E-state index is 0.612. The molecule has 0 atom stereocenters. The van der Waals surface area contributed by atoms with Gasteiger partial charge >= 0.3 is 6.18 Å². The minimum atomic E-state index is -4.31. The highest BCUT2D eigenvalue weighted by atomic mass is 19.4. The average molecular weight is 358 g/mol. The lowest BCUT2D eigenvalue weighted by molar-refractivity contribution is -0.137. The van der Waals surface area contributed by atoms with E-state index in [1.165, 1.54) is 34.3 Å². The molecule has 1 aliphatic rings. The number of benzene rings is 2. The summed E-state index contributed by atoms with van der Waals surface area (Å²) >= 11 is 0. The third kappa shape index (κ3) is 2.90. The van der Waals surface area contributed by atoms with Crippen LogP contribution in [0, 0.1) is 6.92 Å². The van der Waals surface area contributed by atoms with E-state index in [1.54, 1.807) is 12.1 Å². The molecule has 0 unspecified atom stereocenters. The number of hydrogen-bond donors (Lipinski definition) is 0. The highest BCUT2D eigenvalue weighted by Crippen LogP contribution is 2.35. The number of nitrogens with zero attached hydrogens (tertiary/aromatic N) is 2.